The number of carboxylic acids is 1. The van der Waals surface area contributed by atoms with Crippen molar-refractivity contribution in [2.24, 2.45) is 0 Å². The van der Waals surface area contributed by atoms with Crippen molar-refractivity contribution >= 4 is 56.1 Å². The maximum absolute atomic E-state index is 12.1. The number of carboxylic acid groups (broad SMARTS) is 1. The summed E-state index contributed by atoms with van der Waals surface area (Å²) in [4.78, 5) is 45.9. The number of aromatic carboxylic acids is 1. The van der Waals surface area contributed by atoms with Crippen molar-refractivity contribution in [3.05, 3.63) is 111 Å². The Morgan fingerprint density at radius 2 is 1.41 bits per heavy atom. The average Bonchev–Trinajstić information content (AvgIpc) is 3.49. The molecular formula is C23H13N3O12S3. The summed E-state index contributed by atoms with van der Waals surface area (Å²) in [5.41, 5.74) is -1.03. The number of fused-ring (bicyclic) bond motifs is 3. The highest BCUT2D eigenvalue weighted by Gasteiger charge is 2.45. The molecule has 1 atom stereocenters. The monoisotopic (exact) mass is 619 g/mol. The van der Waals surface area contributed by atoms with Crippen molar-refractivity contribution in [3.8, 4) is 21.6 Å². The number of non-ortho nitro benzene ring substituents is 2. The maximum atomic E-state index is 12.1. The predicted molar refractivity (Wildman–Crippen MR) is 144 cm³/mol. The molecule has 0 saturated carbocycles. The molecule has 18 heteroatoms. The van der Waals surface area contributed by atoms with Crippen LogP contribution in [0.2, 0.25) is 0 Å². The molecule has 1 aliphatic rings. The molecule has 1 aromatic heterocycles. The van der Waals surface area contributed by atoms with E-state index in [0.717, 1.165) is 22.6 Å². The standard InChI is InChI=1S/C23H11N3O8S2.H2O4S/c27-22(28)16-8-12(24(29)30)6-14-19(16)21-15(7-13(25(31)32)9-17(21)26(33)34)20(14)23-35-10-18(36-23)11-4-2-1-3-5-11;1-5(2,3)4/h1-10,20H;(H2,1,2,3,4). The Hall–Kier alpha value is -4.75. The Labute approximate surface area is 236 Å². The van der Waals surface area contributed by atoms with E-state index in [-0.39, 0.29) is 22.3 Å². The first-order valence-electron chi connectivity index (χ1n) is 10.8. The van der Waals surface area contributed by atoms with E-state index in [1.165, 1.54) is 34.8 Å². The second-order valence-electron chi connectivity index (χ2n) is 8.21. The van der Waals surface area contributed by atoms with Crippen molar-refractivity contribution in [1.82, 2.24) is 0 Å². The molecule has 0 fully saturated rings. The van der Waals surface area contributed by atoms with Crippen LogP contribution in [0.4, 0.5) is 17.1 Å². The van der Waals surface area contributed by atoms with Gasteiger partial charge in [-0.25, -0.2) is 13.2 Å². The summed E-state index contributed by atoms with van der Waals surface area (Å²) in [5.74, 6) is -2.37. The molecule has 0 amide bonds. The van der Waals surface area contributed by atoms with Crippen LogP contribution in [0.5, 0.6) is 0 Å². The number of rotatable bonds is 6. The Kier molecular flexibility index (Phi) is 7.86. The Morgan fingerprint density at radius 1 is 0.878 bits per heavy atom. The molecular weight excluding hydrogens is 606 g/mol. The summed E-state index contributed by atoms with van der Waals surface area (Å²) >= 11 is 2.62. The van der Waals surface area contributed by atoms with E-state index in [1.807, 2.05) is 35.7 Å². The third-order valence-corrected chi connectivity index (χ3v) is 8.31. The van der Waals surface area contributed by atoms with Gasteiger partial charge in [0.2, 0.25) is 10.4 Å². The molecule has 0 aliphatic heterocycles. The van der Waals surface area contributed by atoms with Gasteiger partial charge in [-0.05, 0) is 11.1 Å². The van der Waals surface area contributed by atoms with Gasteiger partial charge in [-0.2, -0.15) is 0 Å². The van der Waals surface area contributed by atoms with E-state index >= 15 is 0 Å². The van der Waals surface area contributed by atoms with Gasteiger partial charge in [-0.1, -0.05) is 30.3 Å². The van der Waals surface area contributed by atoms with Gasteiger partial charge in [0.1, 0.15) is 5.38 Å². The molecule has 2 N–H and O–H groups in total. The topological polar surface area (TPSA) is 244 Å². The quantitative estimate of drug-likeness (QED) is 0.0803. The van der Waals surface area contributed by atoms with Crippen LogP contribution in [0.15, 0.2) is 60.0 Å². The van der Waals surface area contributed by atoms with E-state index in [4.69, 9.17) is 17.5 Å². The van der Waals surface area contributed by atoms with E-state index in [9.17, 15) is 40.2 Å². The van der Waals surface area contributed by atoms with Gasteiger partial charge < -0.3 is 9.66 Å². The first-order chi connectivity index (χ1) is 19.2. The van der Waals surface area contributed by atoms with E-state index in [1.54, 1.807) is 0 Å². The summed E-state index contributed by atoms with van der Waals surface area (Å²) in [6.07, 6.45) is 0. The molecule has 1 heterocycles. The van der Waals surface area contributed by atoms with E-state index in [0.29, 0.717) is 4.19 Å². The zero-order chi connectivity index (χ0) is 30.2. The first-order valence-corrected chi connectivity index (χ1v) is 13.9. The minimum atomic E-state index is -4.92. The second kappa shape index (κ2) is 11.0. The van der Waals surface area contributed by atoms with E-state index < -0.39 is 59.7 Å². The van der Waals surface area contributed by atoms with E-state index in [2.05, 4.69) is 0 Å². The fraction of sp³-hybridized carbons (Fsp3) is 0.0435. The highest BCUT2D eigenvalue weighted by molar-refractivity contribution is 7.79. The molecule has 1 unspecified atom stereocenters. The normalized spacial score (nSPS) is 13.4. The minimum Gasteiger partial charge on any atom is -0.726 e. The van der Waals surface area contributed by atoms with Gasteiger partial charge in [-0.3, -0.25) is 34.9 Å². The number of hydrogen-bond donors (Lipinski definition) is 2. The molecule has 0 saturated heterocycles. The Morgan fingerprint density at radius 3 is 1.93 bits per heavy atom. The molecule has 5 rings (SSSR count). The smallest absolute Gasteiger partial charge is 0.336 e. The summed E-state index contributed by atoms with van der Waals surface area (Å²) < 4.78 is 33.5. The molecule has 15 nitrogen and oxygen atoms in total. The number of nitro benzene ring substituents is 3. The zero-order valence-electron chi connectivity index (χ0n) is 19.9. The fourth-order valence-corrected chi connectivity index (χ4v) is 6.89. The van der Waals surface area contributed by atoms with Gasteiger partial charge in [0, 0.05) is 29.3 Å². The SMILES string of the molecule is O=C(O)c1cc([N+](=O)[O-])cc2c1-c1c(cc([N+](=O)[O-])cc1[N+](=O)[O-])C2c1sc(-c2ccccc2)c[s+]1.O=S(=O)([O-])O. The third-order valence-electron chi connectivity index (χ3n) is 5.79. The lowest BCUT2D eigenvalue weighted by Crippen LogP contribution is -2.04. The second-order valence-corrected chi connectivity index (χ2v) is 11.3. The Balaban J connectivity index is 0.000000714. The fourth-order valence-electron chi connectivity index (χ4n) is 4.36. The summed E-state index contributed by atoms with van der Waals surface area (Å²) in [6.45, 7) is 0. The van der Waals surface area contributed by atoms with Gasteiger partial charge in [0.05, 0.1) is 60.6 Å². The van der Waals surface area contributed by atoms with Crippen molar-refractivity contribution < 1.29 is 42.2 Å². The molecule has 3 aromatic carbocycles. The van der Waals surface area contributed by atoms with Gasteiger partial charge in [0.25, 0.3) is 21.3 Å². The summed E-state index contributed by atoms with van der Waals surface area (Å²) in [7, 11) is -4.92. The number of benzene rings is 3. The highest BCUT2D eigenvalue weighted by Crippen LogP contribution is 2.57. The average molecular weight is 620 g/mol. The van der Waals surface area contributed by atoms with Crippen LogP contribution in [-0.2, 0) is 10.4 Å². The number of carbonyl (C=O) groups is 1. The van der Waals surface area contributed by atoms with Crippen molar-refractivity contribution in [1.29, 1.82) is 0 Å². The molecule has 0 bridgehead atoms. The molecule has 1 aliphatic carbocycles. The first kappa shape index (κ1) is 29.2. The van der Waals surface area contributed by atoms with Crippen molar-refractivity contribution in [2.45, 2.75) is 5.92 Å². The highest BCUT2D eigenvalue weighted by atomic mass is 32.3. The van der Waals surface area contributed by atoms with Crippen LogP contribution in [0.1, 0.15) is 31.6 Å². The van der Waals surface area contributed by atoms with Crippen LogP contribution in [0, 0.1) is 30.3 Å². The molecule has 4 aromatic rings. The lowest BCUT2D eigenvalue weighted by atomic mass is 9.96. The predicted octanol–water partition coefficient (Wildman–Crippen LogP) is 5.35. The summed E-state index contributed by atoms with van der Waals surface area (Å²) in [5, 5.41) is 46.9. The van der Waals surface area contributed by atoms with Crippen molar-refractivity contribution in [2.75, 3.05) is 0 Å². The van der Waals surface area contributed by atoms with Gasteiger partial charge in [0.15, 0.2) is 4.88 Å². The van der Waals surface area contributed by atoms with Crippen LogP contribution in [0.25, 0.3) is 21.6 Å². The van der Waals surface area contributed by atoms with Crippen LogP contribution < -0.4 is 0 Å². The zero-order valence-corrected chi connectivity index (χ0v) is 22.3. The van der Waals surface area contributed by atoms with Crippen molar-refractivity contribution in [3.63, 3.8) is 0 Å². The lowest BCUT2D eigenvalue weighted by Gasteiger charge is -2.07. The molecule has 41 heavy (non-hydrogen) atoms. The summed E-state index contributed by atoms with van der Waals surface area (Å²) in [6, 6.07) is 13.4. The largest absolute Gasteiger partial charge is 0.726 e. The molecule has 210 valence electrons. The maximum Gasteiger partial charge on any atom is 0.336 e. The third kappa shape index (κ3) is 6.05. The lowest BCUT2D eigenvalue weighted by molar-refractivity contribution is -0.393. The number of nitrogens with zero attached hydrogens (tertiary/aromatic N) is 3. The number of hydrogen-bond acceptors (Lipinski definition) is 11. The Bertz CT molecular complexity index is 1770. The molecule has 0 radical (unpaired) electrons. The van der Waals surface area contributed by atoms with Crippen LogP contribution in [0.3, 0.4) is 0 Å². The van der Waals surface area contributed by atoms with Crippen LogP contribution in [-0.4, -0.2) is 43.4 Å². The van der Waals surface area contributed by atoms with Crippen LogP contribution >= 0.6 is 22.7 Å². The van der Waals surface area contributed by atoms with Gasteiger partial charge in [-0.15, -0.1) is 0 Å². The number of nitro groups is 3. The van der Waals surface area contributed by atoms with Gasteiger partial charge >= 0.3 is 5.97 Å². The molecule has 0 spiro atoms. The minimum absolute atomic E-state index is 0.0449.